The molecule has 0 unspecified atom stereocenters. The fraction of sp³-hybridized carbons (Fsp3) is 0.133. The summed E-state index contributed by atoms with van der Waals surface area (Å²) in [6.45, 7) is 0.137. The number of aliphatic carboxylic acids is 1. The van der Waals surface area contributed by atoms with Crippen LogP contribution in [0, 0.1) is 0 Å². The van der Waals surface area contributed by atoms with Gasteiger partial charge in [0.15, 0.2) is 0 Å². The van der Waals surface area contributed by atoms with Gasteiger partial charge >= 0.3 is 12.1 Å². The number of alkyl carbamates (subject to hydrolysis) is 1. The highest BCUT2D eigenvalue weighted by Gasteiger charge is 2.29. The minimum absolute atomic E-state index is 0.0815. The van der Waals surface area contributed by atoms with Crippen molar-refractivity contribution in [3.05, 3.63) is 120 Å². The van der Waals surface area contributed by atoms with Gasteiger partial charge in [-0.25, -0.2) is 9.59 Å². The lowest BCUT2D eigenvalue weighted by molar-refractivity contribution is -0.139. The van der Waals surface area contributed by atoms with Gasteiger partial charge in [-0.3, -0.25) is 0 Å². The largest absolute Gasteiger partial charge is 0.480 e. The monoisotopic (exact) mass is 463 g/mol. The first-order chi connectivity index (χ1) is 17.1. The smallest absolute Gasteiger partial charge is 0.407 e. The fourth-order valence-electron chi connectivity index (χ4n) is 4.68. The third kappa shape index (κ3) is 4.80. The molecule has 5 rings (SSSR count). The summed E-state index contributed by atoms with van der Waals surface area (Å²) in [5.41, 5.74) is 7.44. The number of carbonyl (C=O) groups is 2. The van der Waals surface area contributed by atoms with Crippen molar-refractivity contribution in [2.24, 2.45) is 0 Å². The quantitative estimate of drug-likeness (QED) is 0.358. The van der Waals surface area contributed by atoms with Crippen LogP contribution in [0.15, 0.2) is 103 Å². The van der Waals surface area contributed by atoms with E-state index in [9.17, 15) is 14.7 Å². The topological polar surface area (TPSA) is 75.6 Å². The molecular formula is C30H25NO4. The van der Waals surface area contributed by atoms with E-state index in [0.717, 1.165) is 38.9 Å². The minimum Gasteiger partial charge on any atom is -0.480 e. The molecule has 0 spiro atoms. The summed E-state index contributed by atoms with van der Waals surface area (Å²) < 4.78 is 5.52. The summed E-state index contributed by atoms with van der Waals surface area (Å²) in [6.07, 6.45) is -0.575. The van der Waals surface area contributed by atoms with Crippen LogP contribution in [-0.4, -0.2) is 29.8 Å². The number of carboxylic acid groups (broad SMARTS) is 1. The van der Waals surface area contributed by atoms with Crippen LogP contribution in [0.2, 0.25) is 0 Å². The van der Waals surface area contributed by atoms with Crippen LogP contribution in [0.25, 0.3) is 22.3 Å². The van der Waals surface area contributed by atoms with Crippen LogP contribution in [0.1, 0.15) is 22.6 Å². The average Bonchev–Trinajstić information content (AvgIpc) is 3.21. The Labute approximate surface area is 204 Å². The molecule has 0 aliphatic heterocycles. The zero-order valence-electron chi connectivity index (χ0n) is 19.1. The number of benzene rings is 4. The molecule has 35 heavy (non-hydrogen) atoms. The number of hydrogen-bond donors (Lipinski definition) is 2. The molecule has 1 aliphatic carbocycles. The Bertz CT molecular complexity index is 1300. The molecule has 0 heterocycles. The molecule has 174 valence electrons. The van der Waals surface area contributed by atoms with Crippen LogP contribution in [0.3, 0.4) is 0 Å². The standard InChI is InChI=1S/C30H25NO4/c32-29(33)28(18-20-14-16-22(17-15-20)21-8-2-1-3-9-21)31-30(34)35-19-27-25-12-6-4-10-23(25)24-11-5-7-13-26(24)27/h1-17,27-28H,18-19H2,(H,31,34)(H,32,33)/t28-/m0/s1. The molecule has 5 heteroatoms. The summed E-state index contributed by atoms with van der Waals surface area (Å²) in [4.78, 5) is 24.4. The zero-order chi connectivity index (χ0) is 24.2. The van der Waals surface area contributed by atoms with E-state index in [-0.39, 0.29) is 18.9 Å². The highest BCUT2D eigenvalue weighted by Crippen LogP contribution is 2.44. The second-order valence-electron chi connectivity index (χ2n) is 8.63. The lowest BCUT2D eigenvalue weighted by atomic mass is 9.98. The number of amides is 1. The van der Waals surface area contributed by atoms with Crippen molar-refractivity contribution >= 4 is 12.1 Å². The number of hydrogen-bond acceptors (Lipinski definition) is 3. The Balaban J connectivity index is 1.23. The van der Waals surface area contributed by atoms with Crippen molar-refractivity contribution in [1.82, 2.24) is 5.32 Å². The highest BCUT2D eigenvalue weighted by atomic mass is 16.5. The summed E-state index contributed by atoms with van der Waals surface area (Å²) in [7, 11) is 0. The summed E-state index contributed by atoms with van der Waals surface area (Å²) in [5.74, 6) is -1.19. The predicted octanol–water partition coefficient (Wildman–Crippen LogP) is 5.89. The van der Waals surface area contributed by atoms with Gasteiger partial charge in [0.05, 0.1) is 0 Å². The molecule has 2 N–H and O–H groups in total. The number of rotatable bonds is 7. The molecule has 0 fully saturated rings. The maximum Gasteiger partial charge on any atom is 0.407 e. The number of fused-ring (bicyclic) bond motifs is 3. The number of nitrogens with one attached hydrogen (secondary N) is 1. The van der Waals surface area contributed by atoms with Crippen molar-refractivity contribution in [3.8, 4) is 22.3 Å². The lowest BCUT2D eigenvalue weighted by Crippen LogP contribution is -2.42. The molecule has 0 bridgehead atoms. The molecular weight excluding hydrogens is 438 g/mol. The van der Waals surface area contributed by atoms with Crippen LogP contribution < -0.4 is 5.32 Å². The van der Waals surface area contributed by atoms with Crippen LogP contribution >= 0.6 is 0 Å². The van der Waals surface area contributed by atoms with Crippen molar-refractivity contribution in [2.45, 2.75) is 18.4 Å². The average molecular weight is 464 g/mol. The maximum absolute atomic E-state index is 12.6. The molecule has 0 saturated carbocycles. The SMILES string of the molecule is O=C(N[C@@H](Cc1ccc(-c2ccccc2)cc1)C(=O)O)OCC1c2ccccc2-c2ccccc21. The first-order valence-corrected chi connectivity index (χ1v) is 11.6. The number of carbonyl (C=O) groups excluding carboxylic acids is 1. The zero-order valence-corrected chi connectivity index (χ0v) is 19.1. The summed E-state index contributed by atoms with van der Waals surface area (Å²) in [5, 5.41) is 12.2. The van der Waals surface area contributed by atoms with Gasteiger partial charge in [0.25, 0.3) is 0 Å². The Morgan fingerprint density at radius 2 is 1.29 bits per heavy atom. The Hall–Kier alpha value is -4.38. The van der Waals surface area contributed by atoms with E-state index in [4.69, 9.17) is 4.74 Å². The molecule has 0 saturated heterocycles. The van der Waals surface area contributed by atoms with E-state index >= 15 is 0 Å². The molecule has 0 aromatic heterocycles. The van der Waals surface area contributed by atoms with Crippen molar-refractivity contribution in [1.29, 1.82) is 0 Å². The fourth-order valence-corrected chi connectivity index (χ4v) is 4.68. The van der Waals surface area contributed by atoms with Gasteiger partial charge in [-0.15, -0.1) is 0 Å². The molecule has 4 aromatic carbocycles. The third-order valence-corrected chi connectivity index (χ3v) is 6.43. The highest BCUT2D eigenvalue weighted by molar-refractivity contribution is 5.81. The second-order valence-corrected chi connectivity index (χ2v) is 8.63. The maximum atomic E-state index is 12.6. The number of carboxylic acids is 1. The Morgan fingerprint density at radius 3 is 1.89 bits per heavy atom. The first kappa shape index (κ1) is 22.4. The van der Waals surface area contributed by atoms with Gasteiger partial charge in [0, 0.05) is 12.3 Å². The molecule has 4 aromatic rings. The molecule has 1 amide bonds. The van der Waals surface area contributed by atoms with Crippen molar-refractivity contribution in [2.75, 3.05) is 6.61 Å². The van der Waals surface area contributed by atoms with E-state index in [1.807, 2.05) is 91.0 Å². The van der Waals surface area contributed by atoms with Gasteiger partial charge in [-0.2, -0.15) is 0 Å². The van der Waals surface area contributed by atoms with E-state index in [1.54, 1.807) is 0 Å². The van der Waals surface area contributed by atoms with Crippen molar-refractivity contribution < 1.29 is 19.4 Å². The Kier molecular flexibility index (Phi) is 6.31. The van der Waals surface area contributed by atoms with E-state index in [0.29, 0.717) is 0 Å². The molecule has 1 aliphatic rings. The summed E-state index contributed by atoms with van der Waals surface area (Å²) >= 11 is 0. The second kappa shape index (κ2) is 9.85. The van der Waals surface area contributed by atoms with Crippen LogP contribution in [0.4, 0.5) is 4.79 Å². The van der Waals surface area contributed by atoms with E-state index < -0.39 is 18.1 Å². The van der Waals surface area contributed by atoms with Gasteiger partial charge in [-0.05, 0) is 38.9 Å². The van der Waals surface area contributed by atoms with Crippen molar-refractivity contribution in [3.63, 3.8) is 0 Å². The van der Waals surface area contributed by atoms with Gasteiger partial charge in [-0.1, -0.05) is 103 Å². The van der Waals surface area contributed by atoms with Crippen LogP contribution in [-0.2, 0) is 16.0 Å². The molecule has 1 atom stereocenters. The summed E-state index contributed by atoms with van der Waals surface area (Å²) in [6, 6.07) is 32.7. The van der Waals surface area contributed by atoms with E-state index in [2.05, 4.69) is 17.4 Å². The third-order valence-electron chi connectivity index (χ3n) is 6.43. The number of ether oxygens (including phenoxy) is 1. The van der Waals surface area contributed by atoms with Crippen LogP contribution in [0.5, 0.6) is 0 Å². The molecule has 0 radical (unpaired) electrons. The van der Waals surface area contributed by atoms with Gasteiger partial charge in [0.1, 0.15) is 12.6 Å². The van der Waals surface area contributed by atoms with Gasteiger partial charge in [0.2, 0.25) is 0 Å². The lowest BCUT2D eigenvalue weighted by Gasteiger charge is -2.17. The first-order valence-electron chi connectivity index (χ1n) is 11.6. The predicted molar refractivity (Wildman–Crippen MR) is 135 cm³/mol. The Morgan fingerprint density at radius 1 is 0.743 bits per heavy atom. The molecule has 5 nitrogen and oxygen atoms in total. The normalized spacial score (nSPS) is 12.9. The van der Waals surface area contributed by atoms with Gasteiger partial charge < -0.3 is 15.2 Å². The minimum atomic E-state index is -1.11. The van der Waals surface area contributed by atoms with E-state index in [1.165, 1.54) is 0 Å².